The predicted octanol–water partition coefficient (Wildman–Crippen LogP) is 5.15. The zero-order valence-electron chi connectivity index (χ0n) is 15.9. The lowest BCUT2D eigenvalue weighted by atomic mass is 10.0. The fourth-order valence-electron chi connectivity index (χ4n) is 3.52. The van der Waals surface area contributed by atoms with Gasteiger partial charge in [0.05, 0.1) is 23.7 Å². The molecule has 0 atom stereocenters. The zero-order chi connectivity index (χ0) is 19.7. The second-order valence-corrected chi connectivity index (χ2v) is 6.54. The smallest absolute Gasteiger partial charge is 0.157 e. The molecule has 5 heteroatoms. The van der Waals surface area contributed by atoms with Gasteiger partial charge >= 0.3 is 0 Å². The molecule has 0 spiro atoms. The second-order valence-electron chi connectivity index (χ2n) is 6.54. The van der Waals surface area contributed by atoms with Crippen molar-refractivity contribution in [1.82, 2.24) is 9.38 Å². The molecule has 0 radical (unpaired) electrons. The number of hydrogen-bond donors (Lipinski definition) is 1. The minimum Gasteiger partial charge on any atom is -0.497 e. The van der Waals surface area contributed by atoms with Crippen LogP contribution in [0.2, 0.25) is 0 Å². The number of nitriles is 1. The molecule has 0 bridgehead atoms. The fraction of sp³-hybridized carbons (Fsp3) is 0.130. The van der Waals surface area contributed by atoms with Gasteiger partial charge in [-0.15, -0.1) is 6.58 Å². The van der Waals surface area contributed by atoms with Gasteiger partial charge in [0.1, 0.15) is 17.6 Å². The molecule has 1 N–H and O–H groups in total. The zero-order valence-corrected chi connectivity index (χ0v) is 15.9. The first-order valence-corrected chi connectivity index (χ1v) is 9.02. The summed E-state index contributed by atoms with van der Waals surface area (Å²) < 4.78 is 7.29. The summed E-state index contributed by atoms with van der Waals surface area (Å²) in [7, 11) is 1.65. The number of aromatic nitrogens is 2. The van der Waals surface area contributed by atoms with Crippen LogP contribution in [0.15, 0.2) is 61.2 Å². The number of nitrogens with one attached hydrogen (secondary N) is 1. The molecule has 0 saturated heterocycles. The first-order valence-electron chi connectivity index (χ1n) is 9.02. The number of allylic oxidation sites excluding steroid dienone is 1. The van der Waals surface area contributed by atoms with Gasteiger partial charge < -0.3 is 10.1 Å². The van der Waals surface area contributed by atoms with E-state index in [9.17, 15) is 5.26 Å². The number of para-hydroxylation sites is 2. The van der Waals surface area contributed by atoms with E-state index in [1.54, 1.807) is 7.11 Å². The van der Waals surface area contributed by atoms with Gasteiger partial charge in [-0.05, 0) is 55.3 Å². The third kappa shape index (κ3) is 2.76. The minimum atomic E-state index is 0.591. The molecule has 28 heavy (non-hydrogen) atoms. The Morgan fingerprint density at radius 1 is 1.21 bits per heavy atom. The first-order chi connectivity index (χ1) is 13.7. The second kappa shape index (κ2) is 7.09. The molecule has 0 unspecified atom stereocenters. The molecule has 5 nitrogen and oxygen atoms in total. The topological polar surface area (TPSA) is 62.4 Å². The number of ether oxygens (including phenoxy) is 1. The Bertz CT molecular complexity index is 1230. The molecule has 0 saturated carbocycles. The molecule has 138 valence electrons. The highest BCUT2D eigenvalue weighted by Gasteiger charge is 2.20. The molecule has 2 aromatic heterocycles. The van der Waals surface area contributed by atoms with E-state index in [2.05, 4.69) is 18.0 Å². The van der Waals surface area contributed by atoms with Crippen molar-refractivity contribution in [2.24, 2.45) is 0 Å². The van der Waals surface area contributed by atoms with Crippen LogP contribution in [-0.4, -0.2) is 16.5 Å². The summed E-state index contributed by atoms with van der Waals surface area (Å²) in [6.07, 6.45) is 2.50. The van der Waals surface area contributed by atoms with Crippen LogP contribution in [0.25, 0.3) is 16.7 Å². The third-order valence-corrected chi connectivity index (χ3v) is 4.93. The van der Waals surface area contributed by atoms with Crippen molar-refractivity contribution >= 4 is 28.2 Å². The van der Waals surface area contributed by atoms with E-state index in [1.807, 2.05) is 65.9 Å². The van der Waals surface area contributed by atoms with Crippen LogP contribution in [0.5, 0.6) is 5.75 Å². The van der Waals surface area contributed by atoms with Gasteiger partial charge in [0, 0.05) is 11.3 Å². The number of pyridine rings is 1. The Morgan fingerprint density at radius 3 is 2.64 bits per heavy atom. The van der Waals surface area contributed by atoms with Gasteiger partial charge in [0.15, 0.2) is 5.65 Å². The van der Waals surface area contributed by atoms with Crippen molar-refractivity contribution in [1.29, 1.82) is 5.26 Å². The minimum absolute atomic E-state index is 0.591. The molecule has 2 aromatic carbocycles. The highest BCUT2D eigenvalue weighted by molar-refractivity contribution is 5.87. The van der Waals surface area contributed by atoms with Crippen LogP contribution < -0.4 is 10.1 Å². The van der Waals surface area contributed by atoms with Crippen LogP contribution in [0.1, 0.15) is 16.7 Å². The van der Waals surface area contributed by atoms with Gasteiger partial charge in [-0.2, -0.15) is 5.26 Å². The lowest BCUT2D eigenvalue weighted by molar-refractivity contribution is 0.415. The summed E-state index contributed by atoms with van der Waals surface area (Å²) >= 11 is 0. The third-order valence-electron chi connectivity index (χ3n) is 4.93. The average molecular weight is 368 g/mol. The molecule has 0 aliphatic heterocycles. The Morgan fingerprint density at radius 2 is 1.96 bits per heavy atom. The summed E-state index contributed by atoms with van der Waals surface area (Å²) in [6, 6.07) is 18.0. The molecule has 4 rings (SSSR count). The van der Waals surface area contributed by atoms with E-state index in [-0.39, 0.29) is 0 Å². The molecular weight excluding hydrogens is 348 g/mol. The van der Waals surface area contributed by atoms with Crippen molar-refractivity contribution in [3.63, 3.8) is 0 Å². The van der Waals surface area contributed by atoms with E-state index in [0.717, 1.165) is 39.4 Å². The number of hydrogen-bond acceptors (Lipinski definition) is 4. The SMILES string of the molecule is C=CCc1c(C)c(C#N)c2nc3ccccc3n2c1Nc1ccc(OC)cc1. The van der Waals surface area contributed by atoms with Gasteiger partial charge in [0.2, 0.25) is 0 Å². The Hall–Kier alpha value is -3.78. The van der Waals surface area contributed by atoms with Crippen LogP contribution in [0.4, 0.5) is 11.5 Å². The summed E-state index contributed by atoms with van der Waals surface area (Å²) in [4.78, 5) is 4.73. The molecule has 2 heterocycles. The van der Waals surface area contributed by atoms with Crippen molar-refractivity contribution in [3.05, 3.63) is 77.9 Å². The molecule has 0 amide bonds. The van der Waals surface area contributed by atoms with Gasteiger partial charge in [-0.3, -0.25) is 4.40 Å². The van der Waals surface area contributed by atoms with Crippen molar-refractivity contribution in [3.8, 4) is 11.8 Å². The standard InChI is InChI=1S/C23H20N4O/c1-4-7-18-15(2)19(14-24)23-26-20-8-5-6-9-21(20)27(23)22(18)25-16-10-12-17(28-3)13-11-16/h4-6,8-13,25H,1,7H2,2-3H3. The number of imidazole rings is 1. The number of benzene rings is 2. The maximum Gasteiger partial charge on any atom is 0.157 e. The van der Waals surface area contributed by atoms with Crippen LogP contribution in [-0.2, 0) is 6.42 Å². The maximum absolute atomic E-state index is 9.81. The molecule has 0 fully saturated rings. The Labute approximate surface area is 163 Å². The van der Waals surface area contributed by atoms with Gasteiger partial charge in [-0.1, -0.05) is 18.2 Å². The largest absolute Gasteiger partial charge is 0.497 e. The lowest BCUT2D eigenvalue weighted by Gasteiger charge is -2.18. The summed E-state index contributed by atoms with van der Waals surface area (Å²) in [6.45, 7) is 5.87. The first kappa shape index (κ1) is 17.6. The van der Waals surface area contributed by atoms with E-state index in [4.69, 9.17) is 9.72 Å². The van der Waals surface area contributed by atoms with Crippen LogP contribution in [0.3, 0.4) is 0 Å². The molecule has 4 aromatic rings. The quantitative estimate of drug-likeness (QED) is 0.495. The van der Waals surface area contributed by atoms with Crippen molar-refractivity contribution in [2.75, 3.05) is 12.4 Å². The number of anilines is 2. The highest BCUT2D eigenvalue weighted by Crippen LogP contribution is 2.33. The summed E-state index contributed by atoms with van der Waals surface area (Å²) in [5.74, 6) is 1.69. The van der Waals surface area contributed by atoms with Crippen molar-refractivity contribution in [2.45, 2.75) is 13.3 Å². The number of rotatable bonds is 5. The van der Waals surface area contributed by atoms with Gasteiger partial charge in [-0.25, -0.2) is 4.98 Å². The Kier molecular flexibility index (Phi) is 4.46. The van der Waals surface area contributed by atoms with E-state index in [0.29, 0.717) is 17.6 Å². The normalized spacial score (nSPS) is 10.8. The van der Waals surface area contributed by atoms with E-state index >= 15 is 0 Å². The van der Waals surface area contributed by atoms with Crippen molar-refractivity contribution < 1.29 is 4.74 Å². The van der Waals surface area contributed by atoms with Crippen LogP contribution >= 0.6 is 0 Å². The number of nitrogens with zero attached hydrogens (tertiary/aromatic N) is 3. The Balaban J connectivity index is 2.04. The highest BCUT2D eigenvalue weighted by atomic mass is 16.5. The maximum atomic E-state index is 9.81. The molecule has 0 aliphatic rings. The summed E-state index contributed by atoms with van der Waals surface area (Å²) in [5, 5.41) is 13.3. The summed E-state index contributed by atoms with van der Waals surface area (Å²) in [5.41, 5.74) is 5.93. The van der Waals surface area contributed by atoms with E-state index in [1.165, 1.54) is 0 Å². The average Bonchev–Trinajstić information content (AvgIpc) is 3.10. The lowest BCUT2D eigenvalue weighted by Crippen LogP contribution is -2.08. The van der Waals surface area contributed by atoms with Gasteiger partial charge in [0.25, 0.3) is 0 Å². The monoisotopic (exact) mass is 368 g/mol. The number of fused-ring (bicyclic) bond motifs is 3. The number of methoxy groups -OCH3 is 1. The molecular formula is C23H20N4O. The van der Waals surface area contributed by atoms with Crippen LogP contribution in [0, 0.1) is 18.3 Å². The molecule has 0 aliphatic carbocycles. The predicted molar refractivity (Wildman–Crippen MR) is 112 cm³/mol. The fourth-order valence-corrected chi connectivity index (χ4v) is 3.52. The van der Waals surface area contributed by atoms with E-state index < -0.39 is 0 Å².